The summed E-state index contributed by atoms with van der Waals surface area (Å²) in [6.45, 7) is 2.60. The second-order valence-corrected chi connectivity index (χ2v) is 3.53. The van der Waals surface area contributed by atoms with Gasteiger partial charge in [0.1, 0.15) is 0 Å². The Morgan fingerprint density at radius 2 is 2.13 bits per heavy atom. The summed E-state index contributed by atoms with van der Waals surface area (Å²) in [4.78, 5) is 0. The molecule has 2 nitrogen and oxygen atoms in total. The van der Waals surface area contributed by atoms with Crippen LogP contribution in [0.4, 0.5) is 0 Å². The highest BCUT2D eigenvalue weighted by Crippen LogP contribution is 2.25. The lowest BCUT2D eigenvalue weighted by molar-refractivity contribution is 0.282. The Morgan fingerprint density at radius 3 is 2.80 bits per heavy atom. The molecule has 0 amide bonds. The van der Waals surface area contributed by atoms with Crippen LogP contribution in [0.15, 0.2) is 24.3 Å². The quantitative estimate of drug-likeness (QED) is 0.736. The molecule has 0 atom stereocenters. The number of rotatable bonds is 2. The minimum atomic E-state index is 0.0594. The zero-order valence-electron chi connectivity index (χ0n) is 8.70. The van der Waals surface area contributed by atoms with Crippen LogP contribution in [0.25, 0.3) is 10.9 Å². The number of benzene rings is 1. The molecule has 2 rings (SSSR count). The van der Waals surface area contributed by atoms with Gasteiger partial charge in [-0.05, 0) is 13.0 Å². The number of aliphatic hydroxyl groups excluding tert-OH is 1. The summed E-state index contributed by atoms with van der Waals surface area (Å²) >= 11 is 0. The minimum absolute atomic E-state index is 0.0594. The van der Waals surface area contributed by atoms with Crippen LogP contribution >= 0.6 is 0 Å². The predicted octanol–water partition coefficient (Wildman–Crippen LogP) is 2.08. The van der Waals surface area contributed by atoms with E-state index in [9.17, 15) is 5.11 Å². The van der Waals surface area contributed by atoms with E-state index >= 15 is 0 Å². The highest BCUT2D eigenvalue weighted by molar-refractivity contribution is 5.85. The number of hydrogen-bond donors (Lipinski definition) is 1. The van der Waals surface area contributed by atoms with Gasteiger partial charge in [-0.25, -0.2) is 0 Å². The molecule has 1 heterocycles. The van der Waals surface area contributed by atoms with Crippen LogP contribution in [0.3, 0.4) is 0 Å². The number of fused-ring (bicyclic) bond motifs is 1. The molecule has 0 radical (unpaired) electrons. The molecule has 0 aliphatic rings. The molecule has 0 saturated carbocycles. The molecule has 0 aliphatic carbocycles. The second-order valence-electron chi connectivity index (χ2n) is 3.53. The molecule has 1 N–H and O–H groups in total. The first-order chi connectivity index (χ1) is 7.29. The van der Waals surface area contributed by atoms with Crippen molar-refractivity contribution in [2.24, 2.45) is 0 Å². The van der Waals surface area contributed by atoms with E-state index in [0.717, 1.165) is 22.2 Å². The number of para-hydroxylation sites is 1. The number of aliphatic hydroxyl groups is 1. The molecule has 0 bridgehead atoms. The lowest BCUT2D eigenvalue weighted by Gasteiger charge is -2.02. The van der Waals surface area contributed by atoms with Crippen molar-refractivity contribution in [1.82, 2.24) is 4.57 Å². The molecule has 2 aromatic rings. The molecule has 0 aliphatic heterocycles. The average molecular weight is 199 g/mol. The van der Waals surface area contributed by atoms with Crippen molar-refractivity contribution >= 4 is 10.9 Å². The maximum absolute atomic E-state index is 9.33. The van der Waals surface area contributed by atoms with Gasteiger partial charge in [0.15, 0.2) is 0 Å². The van der Waals surface area contributed by atoms with Gasteiger partial charge in [0.2, 0.25) is 0 Å². The van der Waals surface area contributed by atoms with E-state index in [0.29, 0.717) is 6.54 Å². The van der Waals surface area contributed by atoms with E-state index in [4.69, 9.17) is 6.42 Å². The van der Waals surface area contributed by atoms with Gasteiger partial charge in [0.05, 0.1) is 13.2 Å². The lowest BCUT2D eigenvalue weighted by Crippen LogP contribution is -1.98. The summed E-state index contributed by atoms with van der Waals surface area (Å²) in [7, 11) is 0. The van der Waals surface area contributed by atoms with Gasteiger partial charge >= 0.3 is 0 Å². The number of hydrogen-bond acceptors (Lipinski definition) is 1. The third kappa shape index (κ3) is 1.42. The Bertz CT molecular complexity index is 531. The van der Waals surface area contributed by atoms with E-state index in [-0.39, 0.29) is 6.61 Å². The first-order valence-corrected chi connectivity index (χ1v) is 4.90. The normalized spacial score (nSPS) is 10.5. The summed E-state index contributed by atoms with van der Waals surface area (Å²) in [5, 5.41) is 10.4. The standard InChI is InChI=1S/C13H13NO/c1-3-8-14-10(2)12(9-15)11-6-4-5-7-13(11)14/h1,4-7,15H,8-9H2,2H3. The average Bonchev–Trinajstić information content (AvgIpc) is 2.53. The van der Waals surface area contributed by atoms with Gasteiger partial charge in [-0.15, -0.1) is 6.42 Å². The molecule has 1 aromatic carbocycles. The third-order valence-electron chi connectivity index (χ3n) is 2.77. The van der Waals surface area contributed by atoms with Gasteiger partial charge < -0.3 is 9.67 Å². The monoisotopic (exact) mass is 199 g/mol. The lowest BCUT2D eigenvalue weighted by atomic mass is 10.1. The van der Waals surface area contributed by atoms with Crippen LogP contribution in [0.5, 0.6) is 0 Å². The third-order valence-corrected chi connectivity index (χ3v) is 2.77. The molecule has 76 valence electrons. The number of aromatic nitrogens is 1. The smallest absolute Gasteiger partial charge is 0.0837 e. The van der Waals surface area contributed by atoms with E-state index in [1.54, 1.807) is 0 Å². The maximum atomic E-state index is 9.33. The first kappa shape index (κ1) is 9.82. The van der Waals surface area contributed by atoms with E-state index in [1.807, 2.05) is 31.2 Å². The van der Waals surface area contributed by atoms with Crippen LogP contribution in [0, 0.1) is 19.3 Å². The number of nitrogens with zero attached hydrogens (tertiary/aromatic N) is 1. The Morgan fingerprint density at radius 1 is 1.40 bits per heavy atom. The fourth-order valence-corrected chi connectivity index (χ4v) is 2.00. The topological polar surface area (TPSA) is 25.2 Å². The van der Waals surface area contributed by atoms with Gasteiger partial charge in [0, 0.05) is 22.2 Å². The SMILES string of the molecule is C#CCn1c(C)c(CO)c2ccccc21. The highest BCUT2D eigenvalue weighted by Gasteiger charge is 2.11. The summed E-state index contributed by atoms with van der Waals surface area (Å²) in [5.41, 5.74) is 3.12. The summed E-state index contributed by atoms with van der Waals surface area (Å²) in [6.07, 6.45) is 5.34. The van der Waals surface area contributed by atoms with E-state index in [1.165, 1.54) is 0 Å². The summed E-state index contributed by atoms with van der Waals surface area (Å²) in [5.74, 6) is 2.64. The molecular formula is C13H13NO. The fourth-order valence-electron chi connectivity index (χ4n) is 2.00. The molecule has 0 saturated heterocycles. The van der Waals surface area contributed by atoms with Crippen molar-refractivity contribution in [2.75, 3.05) is 0 Å². The van der Waals surface area contributed by atoms with E-state index < -0.39 is 0 Å². The van der Waals surface area contributed by atoms with Crippen molar-refractivity contribution in [2.45, 2.75) is 20.1 Å². The maximum Gasteiger partial charge on any atom is 0.0837 e. The number of terminal acetylenes is 1. The predicted molar refractivity (Wildman–Crippen MR) is 61.4 cm³/mol. The van der Waals surface area contributed by atoms with Gasteiger partial charge in [0.25, 0.3) is 0 Å². The van der Waals surface area contributed by atoms with Gasteiger partial charge in [-0.1, -0.05) is 24.1 Å². The largest absolute Gasteiger partial charge is 0.392 e. The van der Waals surface area contributed by atoms with E-state index in [2.05, 4.69) is 10.5 Å². The van der Waals surface area contributed by atoms with Crippen molar-refractivity contribution in [3.8, 4) is 12.3 Å². The Hall–Kier alpha value is -1.72. The van der Waals surface area contributed by atoms with Crippen LogP contribution in [0.1, 0.15) is 11.3 Å². The van der Waals surface area contributed by atoms with Crippen LogP contribution in [0.2, 0.25) is 0 Å². The zero-order valence-corrected chi connectivity index (χ0v) is 8.70. The van der Waals surface area contributed by atoms with Crippen LogP contribution in [-0.2, 0) is 13.2 Å². The Balaban J connectivity index is 2.80. The molecule has 0 unspecified atom stereocenters. The van der Waals surface area contributed by atoms with Crippen molar-refractivity contribution in [3.63, 3.8) is 0 Å². The fraction of sp³-hybridized carbons (Fsp3) is 0.231. The molecule has 2 heteroatoms. The molecular weight excluding hydrogens is 186 g/mol. The van der Waals surface area contributed by atoms with Crippen LogP contribution < -0.4 is 0 Å². The van der Waals surface area contributed by atoms with Crippen molar-refractivity contribution < 1.29 is 5.11 Å². The molecule has 15 heavy (non-hydrogen) atoms. The first-order valence-electron chi connectivity index (χ1n) is 4.90. The van der Waals surface area contributed by atoms with Crippen molar-refractivity contribution in [3.05, 3.63) is 35.5 Å². The Kier molecular flexibility index (Phi) is 2.49. The molecule has 1 aromatic heterocycles. The highest BCUT2D eigenvalue weighted by atomic mass is 16.3. The van der Waals surface area contributed by atoms with Gasteiger partial charge in [-0.3, -0.25) is 0 Å². The molecule has 0 fully saturated rings. The summed E-state index contributed by atoms with van der Waals surface area (Å²) < 4.78 is 2.06. The molecule has 0 spiro atoms. The van der Waals surface area contributed by atoms with Crippen LogP contribution in [-0.4, -0.2) is 9.67 Å². The second kappa shape index (κ2) is 3.80. The zero-order chi connectivity index (χ0) is 10.8. The minimum Gasteiger partial charge on any atom is -0.392 e. The van der Waals surface area contributed by atoms with Gasteiger partial charge in [-0.2, -0.15) is 0 Å². The Labute approximate surface area is 89.2 Å². The van der Waals surface area contributed by atoms with Crippen molar-refractivity contribution in [1.29, 1.82) is 0 Å². The summed E-state index contributed by atoms with van der Waals surface area (Å²) in [6, 6.07) is 8.00.